The molecule has 0 aliphatic heterocycles. The second-order valence-electron chi connectivity index (χ2n) is 5.75. The van der Waals surface area contributed by atoms with Gasteiger partial charge >= 0.3 is 5.97 Å². The van der Waals surface area contributed by atoms with Crippen LogP contribution in [0.1, 0.15) is 17.3 Å². The molecule has 0 bridgehead atoms. The quantitative estimate of drug-likeness (QED) is 0.384. The number of hydrogen-bond donors (Lipinski definition) is 1. The minimum Gasteiger partial charge on any atom is -0.462 e. The van der Waals surface area contributed by atoms with Crippen LogP contribution in [-0.4, -0.2) is 27.4 Å². The number of nitro groups is 2. The second-order valence-corrected chi connectivity index (χ2v) is 5.75. The Balaban J connectivity index is 2.24. The topological polar surface area (TPSA) is 128 Å². The lowest BCUT2D eigenvalue weighted by Gasteiger charge is -2.09. The highest BCUT2D eigenvalue weighted by atomic mass is 16.6. The molecule has 0 radical (unpaired) electrons. The molecule has 28 heavy (non-hydrogen) atoms. The van der Waals surface area contributed by atoms with E-state index in [2.05, 4.69) is 4.98 Å². The minimum atomic E-state index is -0.625. The number of aromatic nitrogens is 1. The summed E-state index contributed by atoms with van der Waals surface area (Å²) in [4.78, 5) is 36.7. The van der Waals surface area contributed by atoms with Gasteiger partial charge in [0.15, 0.2) is 0 Å². The number of benzene rings is 2. The fraction of sp³-hybridized carbons (Fsp3) is 0.105. The van der Waals surface area contributed by atoms with Crippen LogP contribution in [0.5, 0.6) is 0 Å². The number of carbonyl (C=O) groups excluding carboxylic acids is 1. The van der Waals surface area contributed by atoms with Crippen LogP contribution < -0.4 is 0 Å². The number of nitro benzene ring substituents is 2. The molecule has 0 saturated carbocycles. The monoisotopic (exact) mass is 381 g/mol. The smallest absolute Gasteiger partial charge is 0.340 e. The molecule has 0 atom stereocenters. The number of H-pyrrole nitrogens is 1. The number of hydrogen-bond acceptors (Lipinski definition) is 6. The van der Waals surface area contributed by atoms with Crippen LogP contribution >= 0.6 is 0 Å². The van der Waals surface area contributed by atoms with E-state index in [1.54, 1.807) is 19.1 Å². The van der Waals surface area contributed by atoms with E-state index >= 15 is 0 Å². The molecule has 0 unspecified atom stereocenters. The first-order chi connectivity index (χ1) is 13.4. The predicted octanol–water partition coefficient (Wildman–Crippen LogP) is 4.34. The molecule has 9 nitrogen and oxygen atoms in total. The number of rotatable bonds is 6. The van der Waals surface area contributed by atoms with Gasteiger partial charge in [0.1, 0.15) is 0 Å². The van der Waals surface area contributed by atoms with Gasteiger partial charge in [0, 0.05) is 30.0 Å². The van der Waals surface area contributed by atoms with Crippen molar-refractivity contribution < 1.29 is 19.4 Å². The number of ether oxygens (including phenoxy) is 1. The molecule has 1 N–H and O–H groups in total. The highest BCUT2D eigenvalue weighted by molar-refractivity contribution is 6.03. The van der Waals surface area contributed by atoms with Crippen molar-refractivity contribution in [2.24, 2.45) is 0 Å². The number of nitrogens with one attached hydrogen (secondary N) is 1. The van der Waals surface area contributed by atoms with Gasteiger partial charge in [-0.05, 0) is 30.7 Å². The Labute approximate surface area is 158 Å². The Bertz CT molecular complexity index is 1060. The fourth-order valence-corrected chi connectivity index (χ4v) is 2.89. The average molecular weight is 381 g/mol. The summed E-state index contributed by atoms with van der Waals surface area (Å²) in [6, 6.07) is 11.7. The van der Waals surface area contributed by atoms with Gasteiger partial charge in [0.05, 0.1) is 33.3 Å². The zero-order valence-corrected chi connectivity index (χ0v) is 14.7. The van der Waals surface area contributed by atoms with Gasteiger partial charge in [0.25, 0.3) is 11.4 Å². The van der Waals surface area contributed by atoms with E-state index < -0.39 is 15.8 Å². The SMILES string of the molecule is CCOC(=O)c1c[nH]c(-c2ccc([N+](=O)[O-])cc2)c1-c1ccccc1[N+](=O)[O-]. The summed E-state index contributed by atoms with van der Waals surface area (Å²) >= 11 is 0. The zero-order chi connectivity index (χ0) is 20.3. The van der Waals surface area contributed by atoms with Crippen LogP contribution in [-0.2, 0) is 4.74 Å². The van der Waals surface area contributed by atoms with Crippen molar-refractivity contribution in [2.75, 3.05) is 6.61 Å². The molecule has 1 heterocycles. The highest BCUT2D eigenvalue weighted by Crippen LogP contribution is 2.39. The summed E-state index contributed by atoms with van der Waals surface area (Å²) in [5, 5.41) is 22.4. The van der Waals surface area contributed by atoms with Gasteiger partial charge in [-0.3, -0.25) is 20.2 Å². The second kappa shape index (κ2) is 7.70. The third-order valence-corrected chi connectivity index (χ3v) is 4.11. The van der Waals surface area contributed by atoms with Crippen LogP contribution in [0.2, 0.25) is 0 Å². The molecule has 0 fully saturated rings. The Morgan fingerprint density at radius 1 is 1.04 bits per heavy atom. The van der Waals surface area contributed by atoms with Crippen molar-refractivity contribution in [1.29, 1.82) is 0 Å². The van der Waals surface area contributed by atoms with Crippen molar-refractivity contribution in [3.05, 3.63) is 80.5 Å². The van der Waals surface area contributed by atoms with E-state index in [1.807, 2.05) is 0 Å². The first-order valence-electron chi connectivity index (χ1n) is 8.31. The van der Waals surface area contributed by atoms with Gasteiger partial charge in [-0.15, -0.1) is 0 Å². The predicted molar refractivity (Wildman–Crippen MR) is 101 cm³/mol. The number of esters is 1. The largest absolute Gasteiger partial charge is 0.462 e. The van der Waals surface area contributed by atoms with Crippen LogP contribution in [0.15, 0.2) is 54.7 Å². The first kappa shape index (κ1) is 18.8. The lowest BCUT2D eigenvalue weighted by Crippen LogP contribution is -2.05. The van der Waals surface area contributed by atoms with Crippen LogP contribution in [0, 0.1) is 20.2 Å². The maximum absolute atomic E-state index is 12.4. The molecule has 1 aromatic heterocycles. The third-order valence-electron chi connectivity index (χ3n) is 4.11. The lowest BCUT2D eigenvalue weighted by molar-refractivity contribution is -0.384. The van der Waals surface area contributed by atoms with E-state index in [4.69, 9.17) is 4.74 Å². The number of non-ortho nitro benzene ring substituents is 1. The summed E-state index contributed by atoms with van der Waals surface area (Å²) in [7, 11) is 0. The standard InChI is InChI=1S/C19H15N3O6/c1-2-28-19(23)15-11-20-18(12-7-9-13(10-8-12)21(24)25)17(15)14-5-3-4-6-16(14)22(26)27/h3-11,20H,2H2,1H3. The van der Waals surface area contributed by atoms with E-state index in [9.17, 15) is 25.0 Å². The van der Waals surface area contributed by atoms with Gasteiger partial charge in [-0.2, -0.15) is 0 Å². The fourth-order valence-electron chi connectivity index (χ4n) is 2.89. The summed E-state index contributed by atoms with van der Waals surface area (Å²) in [5.74, 6) is -0.625. The molecule has 2 aromatic carbocycles. The van der Waals surface area contributed by atoms with Crippen molar-refractivity contribution in [3.8, 4) is 22.4 Å². The maximum atomic E-state index is 12.4. The normalized spacial score (nSPS) is 10.5. The highest BCUT2D eigenvalue weighted by Gasteiger charge is 2.26. The Hall–Kier alpha value is -4.01. The minimum absolute atomic E-state index is 0.0897. The molecule has 3 rings (SSSR count). The summed E-state index contributed by atoms with van der Waals surface area (Å²) in [6.45, 7) is 1.81. The van der Waals surface area contributed by atoms with Crippen LogP contribution in [0.3, 0.4) is 0 Å². The summed E-state index contributed by atoms with van der Waals surface area (Å²) < 4.78 is 5.07. The van der Waals surface area contributed by atoms with E-state index in [-0.39, 0.29) is 29.1 Å². The van der Waals surface area contributed by atoms with Gasteiger partial charge in [-0.1, -0.05) is 12.1 Å². The molecular weight excluding hydrogens is 366 g/mol. The molecule has 0 aliphatic carbocycles. The van der Waals surface area contributed by atoms with Gasteiger partial charge < -0.3 is 9.72 Å². The van der Waals surface area contributed by atoms with E-state index in [0.29, 0.717) is 16.8 Å². The maximum Gasteiger partial charge on any atom is 0.340 e. The molecule has 0 aliphatic rings. The summed E-state index contributed by atoms with van der Waals surface area (Å²) in [5.41, 5.74) is 1.39. The number of para-hydroxylation sites is 1. The third kappa shape index (κ3) is 3.45. The Morgan fingerprint density at radius 3 is 2.32 bits per heavy atom. The van der Waals surface area contributed by atoms with Crippen LogP contribution in [0.25, 0.3) is 22.4 Å². The molecule has 9 heteroatoms. The van der Waals surface area contributed by atoms with Gasteiger partial charge in [-0.25, -0.2) is 4.79 Å². The molecule has 0 saturated heterocycles. The summed E-state index contributed by atoms with van der Waals surface area (Å²) in [6.07, 6.45) is 1.42. The van der Waals surface area contributed by atoms with Crippen LogP contribution in [0.4, 0.5) is 11.4 Å². The average Bonchev–Trinajstić information content (AvgIpc) is 3.13. The Morgan fingerprint density at radius 2 is 1.71 bits per heavy atom. The van der Waals surface area contributed by atoms with Crippen molar-refractivity contribution in [1.82, 2.24) is 4.98 Å². The molecular formula is C19H15N3O6. The van der Waals surface area contributed by atoms with E-state index in [0.717, 1.165) is 0 Å². The molecule has 3 aromatic rings. The Kier molecular flexibility index (Phi) is 5.16. The number of nitrogens with zero attached hydrogens (tertiary/aromatic N) is 2. The van der Waals surface area contributed by atoms with Crippen molar-refractivity contribution in [2.45, 2.75) is 6.92 Å². The lowest BCUT2D eigenvalue weighted by atomic mass is 9.96. The molecule has 0 spiro atoms. The number of aromatic amines is 1. The van der Waals surface area contributed by atoms with Gasteiger partial charge in [0.2, 0.25) is 0 Å². The molecule has 0 amide bonds. The molecule has 142 valence electrons. The van der Waals surface area contributed by atoms with E-state index in [1.165, 1.54) is 42.6 Å². The van der Waals surface area contributed by atoms with Crippen molar-refractivity contribution >= 4 is 17.3 Å². The first-order valence-corrected chi connectivity index (χ1v) is 8.31. The zero-order valence-electron chi connectivity index (χ0n) is 14.7. The number of carbonyl (C=O) groups is 1. The van der Waals surface area contributed by atoms with Crippen molar-refractivity contribution in [3.63, 3.8) is 0 Å².